The fraction of sp³-hybridized carbons (Fsp3) is 0.481. The Hall–Kier alpha value is -3.00. The van der Waals surface area contributed by atoms with Gasteiger partial charge in [0.2, 0.25) is 11.8 Å². The molecule has 0 bridgehead atoms. The summed E-state index contributed by atoms with van der Waals surface area (Å²) in [5.74, 6) is 0.947. The van der Waals surface area contributed by atoms with Crippen molar-refractivity contribution in [3.63, 3.8) is 0 Å². The summed E-state index contributed by atoms with van der Waals surface area (Å²) in [6, 6.07) is 13.8. The van der Waals surface area contributed by atoms with Crippen molar-refractivity contribution < 1.29 is 14.1 Å². The molecule has 1 aliphatic carbocycles. The van der Waals surface area contributed by atoms with E-state index in [4.69, 9.17) is 4.52 Å². The van der Waals surface area contributed by atoms with Gasteiger partial charge in [-0.3, -0.25) is 9.59 Å². The van der Waals surface area contributed by atoms with Gasteiger partial charge >= 0.3 is 0 Å². The molecule has 3 atom stereocenters. The minimum atomic E-state index is -0.285. The molecule has 5 rings (SSSR count). The van der Waals surface area contributed by atoms with Crippen LogP contribution in [0, 0.1) is 12.8 Å². The van der Waals surface area contributed by atoms with Crippen LogP contribution in [0.2, 0.25) is 0 Å². The van der Waals surface area contributed by atoms with Crippen molar-refractivity contribution in [2.24, 2.45) is 5.92 Å². The molecule has 7 nitrogen and oxygen atoms in total. The monoisotopic (exact) mass is 492 g/mol. The number of hydrogen-bond acceptors (Lipinski definition) is 6. The van der Waals surface area contributed by atoms with Gasteiger partial charge < -0.3 is 14.7 Å². The summed E-state index contributed by atoms with van der Waals surface area (Å²) in [5, 5.41) is 7.33. The fourth-order valence-electron chi connectivity index (χ4n) is 5.34. The van der Waals surface area contributed by atoms with E-state index in [1.54, 1.807) is 0 Å². The molecule has 2 amide bonds. The number of benzene rings is 1. The number of nitrogens with zero attached hydrogens (tertiary/aromatic N) is 3. The number of nitrogens with one attached hydrogen (secondary N) is 1. The van der Waals surface area contributed by atoms with Crippen LogP contribution >= 0.6 is 11.3 Å². The molecule has 1 aromatic carbocycles. The molecule has 184 valence electrons. The van der Waals surface area contributed by atoms with Crippen LogP contribution in [-0.2, 0) is 11.2 Å². The van der Waals surface area contributed by atoms with Crippen molar-refractivity contribution in [2.45, 2.75) is 63.8 Å². The van der Waals surface area contributed by atoms with Crippen molar-refractivity contribution in [1.29, 1.82) is 0 Å². The maximum atomic E-state index is 13.6. The highest BCUT2D eigenvalue weighted by atomic mass is 32.1. The Morgan fingerprint density at radius 1 is 1.11 bits per heavy atom. The van der Waals surface area contributed by atoms with E-state index in [0.29, 0.717) is 44.1 Å². The number of amides is 2. The molecule has 2 aromatic heterocycles. The number of hydrogen-bond donors (Lipinski definition) is 1. The average molecular weight is 493 g/mol. The Balaban J connectivity index is 1.39. The van der Waals surface area contributed by atoms with Crippen molar-refractivity contribution in [3.8, 4) is 0 Å². The van der Waals surface area contributed by atoms with Crippen LogP contribution in [0.25, 0.3) is 0 Å². The predicted octanol–water partition coefficient (Wildman–Crippen LogP) is 4.73. The van der Waals surface area contributed by atoms with Gasteiger partial charge in [0.25, 0.3) is 5.91 Å². The normalized spacial score (nSPS) is 23.4. The van der Waals surface area contributed by atoms with E-state index >= 15 is 0 Å². The highest BCUT2D eigenvalue weighted by molar-refractivity contribution is 7.13. The number of thiophene rings is 1. The highest BCUT2D eigenvalue weighted by Crippen LogP contribution is 2.41. The van der Waals surface area contributed by atoms with Gasteiger partial charge in [-0.15, -0.1) is 11.3 Å². The number of fused-ring (bicyclic) bond motifs is 1. The molecular formula is C27H32N4O3S. The minimum Gasteiger partial charge on any atom is -0.356 e. The molecule has 0 spiro atoms. The third-order valence-corrected chi connectivity index (χ3v) is 8.13. The topological polar surface area (TPSA) is 88.3 Å². The summed E-state index contributed by atoms with van der Waals surface area (Å²) >= 11 is 1.52. The summed E-state index contributed by atoms with van der Waals surface area (Å²) in [5.41, 5.74) is 1.12. The lowest BCUT2D eigenvalue weighted by atomic mass is 10.00. The maximum Gasteiger partial charge on any atom is 0.264 e. The maximum absolute atomic E-state index is 13.6. The molecule has 8 heteroatoms. The van der Waals surface area contributed by atoms with Crippen LogP contribution < -0.4 is 5.32 Å². The first-order valence-corrected chi connectivity index (χ1v) is 13.4. The second kappa shape index (κ2) is 10.7. The molecule has 1 saturated carbocycles. The van der Waals surface area contributed by atoms with E-state index in [-0.39, 0.29) is 29.7 Å². The average Bonchev–Trinajstić information content (AvgIpc) is 3.60. The minimum absolute atomic E-state index is 0.0288. The van der Waals surface area contributed by atoms with Gasteiger partial charge in [-0.05, 0) is 50.3 Å². The zero-order valence-electron chi connectivity index (χ0n) is 20.1. The Morgan fingerprint density at radius 2 is 1.94 bits per heavy atom. The van der Waals surface area contributed by atoms with E-state index < -0.39 is 0 Å². The first-order valence-electron chi connectivity index (χ1n) is 12.6. The summed E-state index contributed by atoms with van der Waals surface area (Å²) < 4.78 is 5.68. The van der Waals surface area contributed by atoms with Gasteiger partial charge in [0.15, 0.2) is 5.82 Å². The number of rotatable bonds is 4. The van der Waals surface area contributed by atoms with E-state index in [9.17, 15) is 9.59 Å². The molecule has 1 aliphatic heterocycles. The zero-order valence-corrected chi connectivity index (χ0v) is 20.9. The Labute approximate surface area is 209 Å². The molecule has 0 radical (unpaired) electrons. The number of aromatic nitrogens is 2. The summed E-state index contributed by atoms with van der Waals surface area (Å²) in [4.78, 5) is 35.4. The first kappa shape index (κ1) is 23.7. The lowest BCUT2D eigenvalue weighted by Gasteiger charge is -2.32. The van der Waals surface area contributed by atoms with Crippen LogP contribution in [0.4, 0.5) is 0 Å². The van der Waals surface area contributed by atoms with Crippen LogP contribution in [-0.4, -0.2) is 46.0 Å². The molecule has 1 N–H and O–H groups in total. The molecule has 3 heterocycles. The van der Waals surface area contributed by atoms with Crippen molar-refractivity contribution >= 4 is 23.2 Å². The fourth-order valence-corrected chi connectivity index (χ4v) is 6.16. The quantitative estimate of drug-likeness (QED) is 0.569. The van der Waals surface area contributed by atoms with E-state index in [1.165, 1.54) is 11.3 Å². The SMILES string of the molecule is Cc1ccc(C(=O)N2CCCCCCNC(=O)C3CC(c4nc(Cc5ccccc5)no4)CC32)s1. The third-order valence-electron chi connectivity index (χ3n) is 7.14. The van der Waals surface area contributed by atoms with Crippen LogP contribution in [0.3, 0.4) is 0 Å². The number of aryl methyl sites for hydroxylation is 1. The Morgan fingerprint density at radius 3 is 2.74 bits per heavy atom. The largest absolute Gasteiger partial charge is 0.356 e. The van der Waals surface area contributed by atoms with Gasteiger partial charge in [-0.1, -0.05) is 48.3 Å². The standard InChI is InChI=1S/C27H32N4O3S/c1-18-11-12-23(35-18)27(33)31-14-8-3-2-7-13-28-25(32)21-16-20(17-22(21)31)26-29-24(30-34-26)15-19-9-5-4-6-10-19/h4-6,9-12,20-22H,2-3,7-8,13-17H2,1H3,(H,28,32). The van der Waals surface area contributed by atoms with Gasteiger partial charge in [0.1, 0.15) is 0 Å². The highest BCUT2D eigenvalue weighted by Gasteiger charge is 2.45. The third kappa shape index (κ3) is 5.48. The van der Waals surface area contributed by atoms with E-state index in [0.717, 1.165) is 41.0 Å². The second-order valence-corrected chi connectivity index (χ2v) is 11.0. The lowest BCUT2D eigenvalue weighted by Crippen LogP contribution is -2.47. The second-order valence-electron chi connectivity index (χ2n) is 9.67. The van der Waals surface area contributed by atoms with E-state index in [2.05, 4.69) is 15.5 Å². The number of carbonyl (C=O) groups is 2. The van der Waals surface area contributed by atoms with Gasteiger partial charge in [0, 0.05) is 36.3 Å². The summed E-state index contributed by atoms with van der Waals surface area (Å²) in [6.45, 7) is 3.37. The molecule has 3 aromatic rings. The molecule has 2 aliphatic rings. The summed E-state index contributed by atoms with van der Waals surface area (Å²) in [7, 11) is 0. The van der Waals surface area contributed by atoms with Crippen molar-refractivity contribution in [3.05, 3.63) is 69.5 Å². The number of carbonyl (C=O) groups excluding carboxylic acids is 2. The lowest BCUT2D eigenvalue weighted by molar-refractivity contribution is -0.126. The Kier molecular flexibility index (Phi) is 7.27. The molecule has 35 heavy (non-hydrogen) atoms. The molecule has 3 unspecified atom stereocenters. The van der Waals surface area contributed by atoms with Crippen LogP contribution in [0.1, 0.15) is 76.3 Å². The summed E-state index contributed by atoms with van der Waals surface area (Å²) in [6.07, 6.45) is 5.89. The molecule has 1 saturated heterocycles. The van der Waals surface area contributed by atoms with E-state index in [1.807, 2.05) is 54.3 Å². The molecular weight excluding hydrogens is 460 g/mol. The Bertz CT molecular complexity index is 1160. The zero-order chi connectivity index (χ0) is 24.2. The van der Waals surface area contributed by atoms with Gasteiger partial charge in [-0.2, -0.15) is 4.98 Å². The molecule has 2 fully saturated rings. The van der Waals surface area contributed by atoms with Crippen LogP contribution in [0.15, 0.2) is 47.0 Å². The van der Waals surface area contributed by atoms with Gasteiger partial charge in [-0.25, -0.2) is 0 Å². The van der Waals surface area contributed by atoms with Crippen molar-refractivity contribution in [2.75, 3.05) is 13.1 Å². The van der Waals surface area contributed by atoms with Crippen LogP contribution in [0.5, 0.6) is 0 Å². The van der Waals surface area contributed by atoms with Gasteiger partial charge in [0.05, 0.1) is 10.8 Å². The first-order chi connectivity index (χ1) is 17.1. The van der Waals surface area contributed by atoms with Crippen molar-refractivity contribution in [1.82, 2.24) is 20.4 Å². The predicted molar refractivity (Wildman–Crippen MR) is 134 cm³/mol. The smallest absolute Gasteiger partial charge is 0.264 e.